The number of amides is 1. The molecule has 4 heteroatoms. The Hall–Kier alpha value is -1.55. The van der Waals surface area contributed by atoms with Crippen molar-refractivity contribution in [3.8, 4) is 0 Å². The summed E-state index contributed by atoms with van der Waals surface area (Å²) in [5.41, 5.74) is 8.26. The Morgan fingerprint density at radius 1 is 1.32 bits per heavy atom. The van der Waals surface area contributed by atoms with Crippen molar-refractivity contribution in [2.75, 3.05) is 18.0 Å². The summed E-state index contributed by atoms with van der Waals surface area (Å²) in [6, 6.07) is 8.88. The highest BCUT2D eigenvalue weighted by Gasteiger charge is 2.19. The molecule has 0 aromatic heterocycles. The summed E-state index contributed by atoms with van der Waals surface area (Å²) < 4.78 is 0. The van der Waals surface area contributed by atoms with Gasteiger partial charge in [-0.15, -0.1) is 0 Å². The summed E-state index contributed by atoms with van der Waals surface area (Å²) >= 11 is 0. The van der Waals surface area contributed by atoms with Crippen molar-refractivity contribution < 1.29 is 4.79 Å². The Balaban J connectivity index is 1.92. The van der Waals surface area contributed by atoms with Crippen LogP contribution in [-0.4, -0.2) is 25.0 Å². The Kier molecular flexibility index (Phi) is 4.43. The van der Waals surface area contributed by atoms with Gasteiger partial charge in [0.05, 0.1) is 0 Å². The second-order valence-electron chi connectivity index (χ2n) is 5.34. The summed E-state index contributed by atoms with van der Waals surface area (Å²) in [4.78, 5) is 13.4. The smallest absolute Gasteiger partial charge is 0.217 e. The average molecular weight is 261 g/mol. The van der Waals surface area contributed by atoms with Crippen molar-refractivity contribution in [1.29, 1.82) is 0 Å². The largest absolute Gasteiger partial charge is 0.371 e. The summed E-state index contributed by atoms with van der Waals surface area (Å²) in [7, 11) is 0. The fourth-order valence-electron chi connectivity index (χ4n) is 2.56. The molecule has 1 aliphatic heterocycles. The number of nitrogens with one attached hydrogen (secondary N) is 1. The number of nitrogens with two attached hydrogens (primary N) is 1. The molecule has 0 aliphatic carbocycles. The third-order valence-electron chi connectivity index (χ3n) is 3.69. The van der Waals surface area contributed by atoms with E-state index in [9.17, 15) is 4.79 Å². The van der Waals surface area contributed by atoms with Crippen LogP contribution in [0, 0.1) is 0 Å². The standard InChI is InChI=1S/C15H23N3O/c1-11(16)13-3-5-15(6-4-13)18-9-7-14(8-10-18)17-12(2)19/h3-6,11,14H,7-10,16H2,1-2H3,(H,17,19). The molecule has 19 heavy (non-hydrogen) atoms. The van der Waals surface area contributed by atoms with Crippen LogP contribution in [0.25, 0.3) is 0 Å². The average Bonchev–Trinajstić information content (AvgIpc) is 2.39. The summed E-state index contributed by atoms with van der Waals surface area (Å²) in [5.74, 6) is 0.0692. The molecule has 1 heterocycles. The molecule has 0 spiro atoms. The maximum atomic E-state index is 11.0. The normalized spacial score (nSPS) is 18.2. The fourth-order valence-corrected chi connectivity index (χ4v) is 2.56. The Labute approximate surface area is 115 Å². The van der Waals surface area contributed by atoms with Gasteiger partial charge in [-0.05, 0) is 37.5 Å². The quantitative estimate of drug-likeness (QED) is 0.872. The van der Waals surface area contributed by atoms with Crippen LogP contribution in [-0.2, 0) is 4.79 Å². The molecule has 0 radical (unpaired) electrons. The van der Waals surface area contributed by atoms with Gasteiger partial charge in [0.15, 0.2) is 0 Å². The summed E-state index contributed by atoms with van der Waals surface area (Å²) in [6.07, 6.45) is 2.02. The molecule has 1 aromatic rings. The van der Waals surface area contributed by atoms with Crippen LogP contribution < -0.4 is 16.0 Å². The third kappa shape index (κ3) is 3.70. The highest BCUT2D eigenvalue weighted by atomic mass is 16.1. The molecule has 1 fully saturated rings. The van der Waals surface area contributed by atoms with E-state index in [-0.39, 0.29) is 11.9 Å². The number of carbonyl (C=O) groups is 1. The maximum Gasteiger partial charge on any atom is 0.217 e. The zero-order valence-corrected chi connectivity index (χ0v) is 11.7. The first-order valence-corrected chi connectivity index (χ1v) is 6.94. The predicted molar refractivity (Wildman–Crippen MR) is 78.1 cm³/mol. The molecule has 1 amide bonds. The number of nitrogens with zero attached hydrogens (tertiary/aromatic N) is 1. The zero-order valence-electron chi connectivity index (χ0n) is 11.7. The number of carbonyl (C=O) groups excluding carboxylic acids is 1. The van der Waals surface area contributed by atoms with Gasteiger partial charge >= 0.3 is 0 Å². The molecular weight excluding hydrogens is 238 g/mol. The lowest BCUT2D eigenvalue weighted by molar-refractivity contribution is -0.119. The molecule has 0 saturated carbocycles. The molecule has 3 N–H and O–H groups in total. The van der Waals surface area contributed by atoms with E-state index < -0.39 is 0 Å². The van der Waals surface area contributed by atoms with Gasteiger partial charge < -0.3 is 16.0 Å². The van der Waals surface area contributed by atoms with Gasteiger partial charge in [-0.25, -0.2) is 0 Å². The lowest BCUT2D eigenvalue weighted by Crippen LogP contribution is -2.44. The highest BCUT2D eigenvalue weighted by Crippen LogP contribution is 2.22. The van der Waals surface area contributed by atoms with Crippen LogP contribution in [0.2, 0.25) is 0 Å². The zero-order chi connectivity index (χ0) is 13.8. The number of benzene rings is 1. The Morgan fingerprint density at radius 2 is 1.89 bits per heavy atom. The van der Waals surface area contributed by atoms with Crippen molar-refractivity contribution in [3.63, 3.8) is 0 Å². The minimum absolute atomic E-state index is 0.0692. The van der Waals surface area contributed by atoms with Crippen LogP contribution in [0.4, 0.5) is 5.69 Å². The van der Waals surface area contributed by atoms with Crippen molar-refractivity contribution in [2.24, 2.45) is 5.73 Å². The SMILES string of the molecule is CC(=O)NC1CCN(c2ccc(C(C)N)cc2)CC1. The van der Waals surface area contributed by atoms with Crippen molar-refractivity contribution >= 4 is 11.6 Å². The molecule has 104 valence electrons. The predicted octanol–water partition coefficient (Wildman–Crippen LogP) is 1.81. The molecule has 2 rings (SSSR count). The van der Waals surface area contributed by atoms with Gasteiger partial charge in [-0.1, -0.05) is 12.1 Å². The third-order valence-corrected chi connectivity index (χ3v) is 3.69. The molecule has 4 nitrogen and oxygen atoms in total. The van der Waals surface area contributed by atoms with Crippen molar-refractivity contribution in [2.45, 2.75) is 38.8 Å². The lowest BCUT2D eigenvalue weighted by Gasteiger charge is -2.34. The molecule has 1 atom stereocenters. The van der Waals surface area contributed by atoms with E-state index in [2.05, 4.69) is 34.5 Å². The van der Waals surface area contributed by atoms with E-state index >= 15 is 0 Å². The maximum absolute atomic E-state index is 11.0. The van der Waals surface area contributed by atoms with E-state index in [4.69, 9.17) is 5.73 Å². The van der Waals surface area contributed by atoms with Crippen LogP contribution in [0.1, 0.15) is 38.3 Å². The second kappa shape index (κ2) is 6.06. The number of hydrogen-bond acceptors (Lipinski definition) is 3. The van der Waals surface area contributed by atoms with Gasteiger partial charge in [-0.2, -0.15) is 0 Å². The molecule has 1 saturated heterocycles. The summed E-state index contributed by atoms with van der Waals surface area (Å²) in [6.45, 7) is 5.55. The molecule has 1 aliphatic rings. The van der Waals surface area contributed by atoms with E-state index in [1.165, 1.54) is 5.69 Å². The Morgan fingerprint density at radius 3 is 2.37 bits per heavy atom. The molecule has 1 aromatic carbocycles. The van der Waals surface area contributed by atoms with Gasteiger partial charge in [0, 0.05) is 37.8 Å². The van der Waals surface area contributed by atoms with Crippen LogP contribution in [0.5, 0.6) is 0 Å². The lowest BCUT2D eigenvalue weighted by atomic mass is 10.0. The highest BCUT2D eigenvalue weighted by molar-refractivity contribution is 5.73. The van der Waals surface area contributed by atoms with Crippen LogP contribution in [0.15, 0.2) is 24.3 Å². The van der Waals surface area contributed by atoms with Crippen LogP contribution in [0.3, 0.4) is 0 Å². The first-order valence-electron chi connectivity index (χ1n) is 6.94. The molecule has 0 bridgehead atoms. The van der Waals surface area contributed by atoms with Crippen molar-refractivity contribution in [1.82, 2.24) is 5.32 Å². The van der Waals surface area contributed by atoms with Gasteiger partial charge in [0.25, 0.3) is 0 Å². The van der Waals surface area contributed by atoms with Gasteiger partial charge in [0.2, 0.25) is 5.91 Å². The first-order chi connectivity index (χ1) is 9.06. The van der Waals surface area contributed by atoms with Crippen molar-refractivity contribution in [3.05, 3.63) is 29.8 Å². The second-order valence-corrected chi connectivity index (χ2v) is 5.34. The number of anilines is 1. The molecular formula is C15H23N3O. The van der Waals surface area contributed by atoms with Gasteiger partial charge in [0.1, 0.15) is 0 Å². The van der Waals surface area contributed by atoms with E-state index in [1.54, 1.807) is 6.92 Å². The van der Waals surface area contributed by atoms with Gasteiger partial charge in [-0.3, -0.25) is 4.79 Å². The monoisotopic (exact) mass is 261 g/mol. The van der Waals surface area contributed by atoms with E-state index in [0.29, 0.717) is 6.04 Å². The number of hydrogen-bond donors (Lipinski definition) is 2. The minimum atomic E-state index is 0.0692. The Bertz CT molecular complexity index is 420. The first kappa shape index (κ1) is 13.9. The topological polar surface area (TPSA) is 58.4 Å². The number of rotatable bonds is 3. The number of piperidine rings is 1. The van der Waals surface area contributed by atoms with Crippen LogP contribution >= 0.6 is 0 Å². The fraction of sp³-hybridized carbons (Fsp3) is 0.533. The van der Waals surface area contributed by atoms with E-state index in [1.807, 2.05) is 6.92 Å². The molecule has 1 unspecified atom stereocenters. The summed E-state index contributed by atoms with van der Waals surface area (Å²) in [5, 5.41) is 3.00. The minimum Gasteiger partial charge on any atom is -0.371 e. The van der Waals surface area contributed by atoms with E-state index in [0.717, 1.165) is 31.5 Å².